The number of hydrogen-bond donors (Lipinski definition) is 1. The molecule has 0 bridgehead atoms. The number of aryl methyl sites for hydroxylation is 1. The molecule has 2 aromatic heterocycles. The zero-order valence-electron chi connectivity index (χ0n) is 14.9. The summed E-state index contributed by atoms with van der Waals surface area (Å²) in [6.45, 7) is 3.20. The Morgan fingerprint density at radius 1 is 1.39 bits per heavy atom. The normalized spacial score (nSPS) is 10.9. The molecule has 1 N–H and O–H groups in total. The molecule has 0 aliphatic carbocycles. The van der Waals surface area contributed by atoms with E-state index in [0.29, 0.717) is 19.7 Å². The lowest BCUT2D eigenvalue weighted by Crippen LogP contribution is -2.28. The Balaban J connectivity index is 1.88. The molecule has 7 nitrogen and oxygen atoms in total. The van der Waals surface area contributed by atoms with Gasteiger partial charge < -0.3 is 10.1 Å². The number of nitrogens with one attached hydrogen (secondary N) is 1. The zero-order chi connectivity index (χ0) is 20.4. The van der Waals surface area contributed by atoms with Crippen molar-refractivity contribution in [2.45, 2.75) is 20.4 Å². The molecule has 0 fully saturated rings. The number of carbonyl (C=O) groups is 2. The number of ether oxygens (including phenoxy) is 1. The SMILES string of the molecule is CCOC(=O)c1sc2ncn(CC(=O)Nc3ccc(Br)cc3F)c(=O)c2c1C. The van der Waals surface area contributed by atoms with Gasteiger partial charge in [-0.05, 0) is 37.6 Å². The van der Waals surface area contributed by atoms with E-state index in [4.69, 9.17) is 4.74 Å². The summed E-state index contributed by atoms with van der Waals surface area (Å²) in [4.78, 5) is 41.9. The van der Waals surface area contributed by atoms with E-state index in [9.17, 15) is 18.8 Å². The molecule has 3 aromatic rings. The van der Waals surface area contributed by atoms with Gasteiger partial charge in [-0.25, -0.2) is 14.2 Å². The van der Waals surface area contributed by atoms with Gasteiger partial charge in [0.2, 0.25) is 5.91 Å². The molecule has 0 spiro atoms. The molecular weight excluding hydrogens is 453 g/mol. The first-order valence-corrected chi connectivity index (χ1v) is 9.83. The van der Waals surface area contributed by atoms with Crippen LogP contribution in [0.3, 0.4) is 0 Å². The van der Waals surface area contributed by atoms with E-state index in [1.807, 2.05) is 0 Å². The second-order valence-electron chi connectivity index (χ2n) is 5.81. The summed E-state index contributed by atoms with van der Waals surface area (Å²) in [6.07, 6.45) is 1.23. The van der Waals surface area contributed by atoms with Gasteiger partial charge in [-0.15, -0.1) is 11.3 Å². The summed E-state index contributed by atoms with van der Waals surface area (Å²) < 4.78 is 20.5. The Morgan fingerprint density at radius 3 is 2.82 bits per heavy atom. The third-order valence-electron chi connectivity index (χ3n) is 3.90. The van der Waals surface area contributed by atoms with Crippen LogP contribution in [0.25, 0.3) is 10.2 Å². The van der Waals surface area contributed by atoms with Crippen molar-refractivity contribution in [3.05, 3.63) is 55.6 Å². The molecule has 2 heterocycles. The number of nitrogens with zero attached hydrogens (tertiary/aromatic N) is 2. The zero-order valence-corrected chi connectivity index (χ0v) is 17.3. The number of benzene rings is 1. The molecule has 0 saturated heterocycles. The van der Waals surface area contributed by atoms with E-state index < -0.39 is 23.3 Å². The van der Waals surface area contributed by atoms with Crippen LogP contribution in [-0.4, -0.2) is 28.0 Å². The van der Waals surface area contributed by atoms with Crippen molar-refractivity contribution < 1.29 is 18.7 Å². The largest absolute Gasteiger partial charge is 0.462 e. The Bertz CT molecular complexity index is 1140. The number of aromatic nitrogens is 2. The van der Waals surface area contributed by atoms with Gasteiger partial charge in [0.25, 0.3) is 5.56 Å². The Morgan fingerprint density at radius 2 is 2.14 bits per heavy atom. The highest BCUT2D eigenvalue weighted by Gasteiger charge is 2.21. The maximum atomic E-state index is 13.9. The van der Waals surface area contributed by atoms with Gasteiger partial charge in [0.15, 0.2) is 0 Å². The standard InChI is InChI=1S/C18H15BrFN3O4S/c1-3-27-18(26)15-9(2)14-16(28-15)21-8-23(17(14)25)7-13(24)22-12-5-4-10(19)6-11(12)20/h4-6,8H,3,7H2,1-2H3,(H,22,24). The van der Waals surface area contributed by atoms with Crippen molar-refractivity contribution >= 4 is 55.0 Å². The lowest BCUT2D eigenvalue weighted by molar-refractivity contribution is -0.116. The number of anilines is 1. The van der Waals surface area contributed by atoms with Crippen LogP contribution >= 0.6 is 27.3 Å². The lowest BCUT2D eigenvalue weighted by atomic mass is 10.2. The Kier molecular flexibility index (Phi) is 5.90. The number of carbonyl (C=O) groups excluding carboxylic acids is 2. The molecule has 10 heteroatoms. The van der Waals surface area contributed by atoms with Crippen LogP contribution in [0, 0.1) is 12.7 Å². The van der Waals surface area contributed by atoms with E-state index in [1.165, 1.54) is 18.5 Å². The van der Waals surface area contributed by atoms with Crippen LogP contribution in [0.5, 0.6) is 0 Å². The molecule has 0 radical (unpaired) electrons. The van der Waals surface area contributed by atoms with Crippen molar-refractivity contribution in [3.63, 3.8) is 0 Å². The molecule has 0 aliphatic rings. The fourth-order valence-corrected chi connectivity index (χ4v) is 3.96. The summed E-state index contributed by atoms with van der Waals surface area (Å²) in [5, 5.41) is 2.68. The fraction of sp³-hybridized carbons (Fsp3) is 0.222. The van der Waals surface area contributed by atoms with E-state index in [0.717, 1.165) is 15.9 Å². The van der Waals surface area contributed by atoms with Crippen molar-refractivity contribution in [1.82, 2.24) is 9.55 Å². The highest BCUT2D eigenvalue weighted by Crippen LogP contribution is 2.27. The topological polar surface area (TPSA) is 90.3 Å². The minimum absolute atomic E-state index is 0.00611. The Labute approximate surface area is 171 Å². The maximum Gasteiger partial charge on any atom is 0.348 e. The van der Waals surface area contributed by atoms with Crippen LogP contribution in [0.1, 0.15) is 22.2 Å². The number of hydrogen-bond acceptors (Lipinski definition) is 6. The first-order chi connectivity index (χ1) is 13.3. The van der Waals surface area contributed by atoms with Crippen LogP contribution in [-0.2, 0) is 16.1 Å². The molecule has 1 aromatic carbocycles. The fourth-order valence-electron chi connectivity index (χ4n) is 2.60. The second kappa shape index (κ2) is 8.19. The molecule has 3 rings (SSSR count). The summed E-state index contributed by atoms with van der Waals surface area (Å²) in [5.74, 6) is -1.70. The highest BCUT2D eigenvalue weighted by molar-refractivity contribution is 9.10. The number of halogens is 2. The molecule has 0 saturated carbocycles. The van der Waals surface area contributed by atoms with Gasteiger partial charge in [-0.2, -0.15) is 0 Å². The third-order valence-corrected chi connectivity index (χ3v) is 5.57. The van der Waals surface area contributed by atoms with Gasteiger partial charge in [0.05, 0.1) is 24.0 Å². The second-order valence-corrected chi connectivity index (χ2v) is 7.72. The van der Waals surface area contributed by atoms with Gasteiger partial charge in [0.1, 0.15) is 22.1 Å². The number of rotatable bonds is 5. The smallest absolute Gasteiger partial charge is 0.348 e. The summed E-state index contributed by atoms with van der Waals surface area (Å²) in [6, 6.07) is 4.22. The predicted octanol–water partition coefficient (Wildman–Crippen LogP) is 3.48. The minimum Gasteiger partial charge on any atom is -0.462 e. The van der Waals surface area contributed by atoms with Gasteiger partial charge in [0, 0.05) is 4.47 Å². The molecule has 146 valence electrons. The first-order valence-electron chi connectivity index (χ1n) is 8.22. The number of esters is 1. The summed E-state index contributed by atoms with van der Waals surface area (Å²) >= 11 is 4.21. The van der Waals surface area contributed by atoms with Crippen LogP contribution in [0.2, 0.25) is 0 Å². The predicted molar refractivity (Wildman–Crippen MR) is 107 cm³/mol. The number of thiophene rings is 1. The van der Waals surface area contributed by atoms with Gasteiger partial charge in [-0.3, -0.25) is 14.2 Å². The monoisotopic (exact) mass is 467 g/mol. The van der Waals surface area contributed by atoms with Crippen molar-refractivity contribution in [2.75, 3.05) is 11.9 Å². The van der Waals surface area contributed by atoms with E-state index in [2.05, 4.69) is 26.2 Å². The average molecular weight is 468 g/mol. The third kappa shape index (κ3) is 3.97. The number of fused-ring (bicyclic) bond motifs is 1. The quantitative estimate of drug-likeness (QED) is 0.580. The molecule has 28 heavy (non-hydrogen) atoms. The molecule has 0 unspecified atom stereocenters. The van der Waals surface area contributed by atoms with E-state index in [1.54, 1.807) is 19.9 Å². The van der Waals surface area contributed by atoms with E-state index >= 15 is 0 Å². The lowest BCUT2D eigenvalue weighted by Gasteiger charge is -2.08. The maximum absolute atomic E-state index is 13.9. The minimum atomic E-state index is -0.601. The molecule has 1 amide bonds. The summed E-state index contributed by atoms with van der Waals surface area (Å²) in [7, 11) is 0. The summed E-state index contributed by atoms with van der Waals surface area (Å²) in [5.41, 5.74) is 0.0111. The number of amides is 1. The Hall–Kier alpha value is -2.59. The molecule has 0 atom stereocenters. The molecule has 0 aliphatic heterocycles. The highest BCUT2D eigenvalue weighted by atomic mass is 79.9. The van der Waals surface area contributed by atoms with Crippen molar-refractivity contribution in [1.29, 1.82) is 0 Å². The average Bonchev–Trinajstić information content (AvgIpc) is 2.97. The van der Waals surface area contributed by atoms with Crippen molar-refractivity contribution in [2.24, 2.45) is 0 Å². The first kappa shape index (κ1) is 20.2. The molecular formula is C18H15BrFN3O4S. The van der Waals surface area contributed by atoms with Crippen molar-refractivity contribution in [3.8, 4) is 0 Å². The van der Waals surface area contributed by atoms with Crippen LogP contribution < -0.4 is 10.9 Å². The van der Waals surface area contributed by atoms with E-state index in [-0.39, 0.29) is 24.2 Å². The van der Waals surface area contributed by atoms with Gasteiger partial charge in [-0.1, -0.05) is 15.9 Å². The van der Waals surface area contributed by atoms with Crippen LogP contribution in [0.4, 0.5) is 10.1 Å². The van der Waals surface area contributed by atoms with Crippen LogP contribution in [0.15, 0.2) is 33.8 Å². The van der Waals surface area contributed by atoms with Gasteiger partial charge >= 0.3 is 5.97 Å².